The van der Waals surface area contributed by atoms with E-state index < -0.39 is 0 Å². The van der Waals surface area contributed by atoms with Crippen molar-refractivity contribution in [1.82, 2.24) is 9.97 Å². The van der Waals surface area contributed by atoms with Crippen molar-refractivity contribution in [2.75, 3.05) is 36.5 Å². The molecule has 5 nitrogen and oxygen atoms in total. The summed E-state index contributed by atoms with van der Waals surface area (Å²) >= 11 is 8.22. The lowest BCUT2D eigenvalue weighted by Crippen LogP contribution is -2.36. The summed E-state index contributed by atoms with van der Waals surface area (Å²) in [4.78, 5) is 13.3. The monoisotopic (exact) mass is 374 g/mol. The molecular formula is C18H19ClN4OS. The number of rotatable bonds is 3. The highest BCUT2D eigenvalue weighted by Crippen LogP contribution is 2.36. The second-order valence-corrected chi connectivity index (χ2v) is 7.68. The van der Waals surface area contributed by atoms with Gasteiger partial charge in [-0.15, -0.1) is 11.3 Å². The fourth-order valence-electron chi connectivity index (χ4n) is 3.03. The summed E-state index contributed by atoms with van der Waals surface area (Å²) in [6.45, 7) is 7.51. The molecule has 0 spiro atoms. The lowest BCUT2D eigenvalue weighted by Gasteiger charge is -2.29. The third-order valence-corrected chi connectivity index (χ3v) is 5.98. The molecule has 1 aliphatic rings. The molecule has 0 radical (unpaired) electrons. The van der Waals surface area contributed by atoms with Gasteiger partial charge >= 0.3 is 0 Å². The standard InChI is InChI=1S/C18H19ClN4OS/c1-11-12(2)25-18-16(11)17(20-10-21-18)22-15-4-3-13(9-14(15)19)23-5-7-24-8-6-23/h3-4,9-10H,5-8H2,1-2H3,(H,20,21,22). The number of thiophene rings is 1. The minimum atomic E-state index is 0.681. The Hall–Kier alpha value is -1.89. The maximum Gasteiger partial charge on any atom is 0.142 e. The molecule has 0 atom stereocenters. The zero-order valence-electron chi connectivity index (χ0n) is 14.2. The molecule has 1 fully saturated rings. The summed E-state index contributed by atoms with van der Waals surface area (Å²) in [5.41, 5.74) is 3.18. The lowest BCUT2D eigenvalue weighted by atomic mass is 10.2. The highest BCUT2D eigenvalue weighted by molar-refractivity contribution is 7.18. The predicted molar refractivity (Wildman–Crippen MR) is 105 cm³/mol. The van der Waals surface area contributed by atoms with Crippen molar-refractivity contribution in [3.05, 3.63) is 40.0 Å². The van der Waals surface area contributed by atoms with E-state index in [1.165, 1.54) is 10.4 Å². The highest BCUT2D eigenvalue weighted by atomic mass is 35.5. The van der Waals surface area contributed by atoms with Crippen LogP contribution >= 0.6 is 22.9 Å². The van der Waals surface area contributed by atoms with Gasteiger partial charge < -0.3 is 15.0 Å². The van der Waals surface area contributed by atoms with Crippen LogP contribution in [0.4, 0.5) is 17.2 Å². The van der Waals surface area contributed by atoms with E-state index in [9.17, 15) is 0 Å². The zero-order chi connectivity index (χ0) is 17.4. The molecule has 0 amide bonds. The second-order valence-electron chi connectivity index (χ2n) is 6.07. The van der Waals surface area contributed by atoms with E-state index in [1.807, 2.05) is 12.1 Å². The van der Waals surface area contributed by atoms with Crippen LogP contribution in [0.2, 0.25) is 5.02 Å². The molecule has 2 aromatic heterocycles. The summed E-state index contributed by atoms with van der Waals surface area (Å²) in [6.07, 6.45) is 1.59. The van der Waals surface area contributed by atoms with Crippen molar-refractivity contribution in [2.45, 2.75) is 13.8 Å². The minimum absolute atomic E-state index is 0.681. The maximum atomic E-state index is 6.53. The molecule has 1 aliphatic heterocycles. The number of nitrogens with one attached hydrogen (secondary N) is 1. The van der Waals surface area contributed by atoms with Crippen LogP contribution in [0.15, 0.2) is 24.5 Å². The number of ether oxygens (including phenoxy) is 1. The molecule has 0 bridgehead atoms. The van der Waals surface area contributed by atoms with E-state index in [4.69, 9.17) is 16.3 Å². The molecule has 0 unspecified atom stereocenters. The molecule has 7 heteroatoms. The summed E-state index contributed by atoms with van der Waals surface area (Å²) < 4.78 is 5.41. The summed E-state index contributed by atoms with van der Waals surface area (Å²) in [7, 11) is 0. The summed E-state index contributed by atoms with van der Waals surface area (Å²) in [5.74, 6) is 0.799. The van der Waals surface area contributed by atoms with Gasteiger partial charge in [0, 0.05) is 23.7 Å². The Balaban J connectivity index is 1.65. The first-order valence-corrected chi connectivity index (χ1v) is 9.43. The van der Waals surface area contributed by atoms with Gasteiger partial charge in [-0.25, -0.2) is 9.97 Å². The number of nitrogens with zero attached hydrogens (tertiary/aromatic N) is 3. The molecule has 3 aromatic rings. The fraction of sp³-hybridized carbons (Fsp3) is 0.333. The second kappa shape index (κ2) is 6.78. The molecule has 1 aromatic carbocycles. The molecule has 1 saturated heterocycles. The van der Waals surface area contributed by atoms with Crippen LogP contribution in [0.5, 0.6) is 0 Å². The first-order chi connectivity index (χ1) is 12.1. The van der Waals surface area contributed by atoms with Crippen LogP contribution in [-0.4, -0.2) is 36.3 Å². The van der Waals surface area contributed by atoms with E-state index in [0.29, 0.717) is 5.02 Å². The van der Waals surface area contributed by atoms with Gasteiger partial charge in [0.25, 0.3) is 0 Å². The molecule has 0 saturated carbocycles. The van der Waals surface area contributed by atoms with Crippen molar-refractivity contribution >= 4 is 50.3 Å². The first-order valence-electron chi connectivity index (χ1n) is 8.23. The Morgan fingerprint density at radius 2 is 2.00 bits per heavy atom. The molecule has 3 heterocycles. The van der Waals surface area contributed by atoms with Crippen LogP contribution < -0.4 is 10.2 Å². The van der Waals surface area contributed by atoms with Gasteiger partial charge in [0.05, 0.1) is 29.3 Å². The third kappa shape index (κ3) is 3.17. The average molecular weight is 375 g/mol. The van der Waals surface area contributed by atoms with E-state index in [2.05, 4.69) is 40.1 Å². The van der Waals surface area contributed by atoms with Gasteiger partial charge in [-0.05, 0) is 37.6 Å². The lowest BCUT2D eigenvalue weighted by molar-refractivity contribution is 0.122. The SMILES string of the molecule is Cc1sc2ncnc(Nc3ccc(N4CCOCC4)cc3Cl)c2c1C. The van der Waals surface area contributed by atoms with Crippen molar-refractivity contribution in [3.8, 4) is 0 Å². The van der Waals surface area contributed by atoms with Crippen molar-refractivity contribution < 1.29 is 4.74 Å². The molecule has 0 aliphatic carbocycles. The van der Waals surface area contributed by atoms with Crippen LogP contribution in [0, 0.1) is 13.8 Å². The van der Waals surface area contributed by atoms with E-state index in [0.717, 1.165) is 53.7 Å². The summed E-state index contributed by atoms with van der Waals surface area (Å²) in [6, 6.07) is 6.10. The van der Waals surface area contributed by atoms with E-state index in [-0.39, 0.29) is 0 Å². The van der Waals surface area contributed by atoms with Crippen molar-refractivity contribution in [3.63, 3.8) is 0 Å². The fourth-order valence-corrected chi connectivity index (χ4v) is 4.25. The Morgan fingerprint density at radius 3 is 2.76 bits per heavy atom. The predicted octanol–water partition coefficient (Wildman–Crippen LogP) is 4.54. The first kappa shape index (κ1) is 16.6. The molecule has 1 N–H and O–H groups in total. The van der Waals surface area contributed by atoms with Gasteiger partial charge in [-0.2, -0.15) is 0 Å². The van der Waals surface area contributed by atoms with Crippen LogP contribution in [-0.2, 0) is 4.74 Å². The number of morpholine rings is 1. The van der Waals surface area contributed by atoms with Crippen LogP contribution in [0.1, 0.15) is 10.4 Å². The normalized spacial score (nSPS) is 14.9. The van der Waals surface area contributed by atoms with Gasteiger partial charge in [0.15, 0.2) is 0 Å². The van der Waals surface area contributed by atoms with Gasteiger partial charge in [0.2, 0.25) is 0 Å². The number of fused-ring (bicyclic) bond motifs is 1. The minimum Gasteiger partial charge on any atom is -0.378 e. The summed E-state index contributed by atoms with van der Waals surface area (Å²) in [5, 5.41) is 5.13. The number of aryl methyl sites for hydroxylation is 2. The number of hydrogen-bond donors (Lipinski definition) is 1. The van der Waals surface area contributed by atoms with Crippen molar-refractivity contribution in [1.29, 1.82) is 0 Å². The average Bonchev–Trinajstić information content (AvgIpc) is 2.92. The number of benzene rings is 1. The molecule has 4 rings (SSSR count). The number of hydrogen-bond acceptors (Lipinski definition) is 6. The van der Waals surface area contributed by atoms with Gasteiger partial charge in [-0.3, -0.25) is 0 Å². The smallest absolute Gasteiger partial charge is 0.142 e. The Bertz CT molecular complexity index is 921. The van der Waals surface area contributed by atoms with Crippen LogP contribution in [0.3, 0.4) is 0 Å². The Morgan fingerprint density at radius 1 is 1.20 bits per heavy atom. The largest absolute Gasteiger partial charge is 0.378 e. The highest BCUT2D eigenvalue weighted by Gasteiger charge is 2.15. The van der Waals surface area contributed by atoms with E-state index in [1.54, 1.807) is 17.7 Å². The maximum absolute atomic E-state index is 6.53. The topological polar surface area (TPSA) is 50.3 Å². The van der Waals surface area contributed by atoms with Gasteiger partial charge in [-0.1, -0.05) is 11.6 Å². The molecule has 130 valence electrons. The number of halogens is 1. The quantitative estimate of drug-likeness (QED) is 0.729. The number of aromatic nitrogens is 2. The molecular weight excluding hydrogens is 356 g/mol. The Labute approximate surface area is 155 Å². The van der Waals surface area contributed by atoms with Gasteiger partial charge in [0.1, 0.15) is 17.0 Å². The third-order valence-electron chi connectivity index (χ3n) is 4.55. The van der Waals surface area contributed by atoms with Crippen LogP contribution in [0.25, 0.3) is 10.2 Å². The number of anilines is 3. The Kier molecular flexibility index (Phi) is 4.50. The van der Waals surface area contributed by atoms with Crippen molar-refractivity contribution in [2.24, 2.45) is 0 Å². The zero-order valence-corrected chi connectivity index (χ0v) is 15.7. The van der Waals surface area contributed by atoms with E-state index >= 15 is 0 Å². The molecule has 25 heavy (non-hydrogen) atoms.